The molecule has 0 radical (unpaired) electrons. The van der Waals surface area contributed by atoms with Gasteiger partial charge in [0.05, 0.1) is 6.54 Å². The maximum atomic E-state index is 11.1. The average Bonchev–Trinajstić information content (AvgIpc) is 2.01. The van der Waals surface area contributed by atoms with Crippen LogP contribution >= 0.6 is 0 Å². The molecule has 0 bridgehead atoms. The van der Waals surface area contributed by atoms with E-state index in [4.69, 9.17) is 0 Å². The Morgan fingerprint density at radius 3 is 2.58 bits per heavy atom. The molecule has 0 fully saturated rings. The number of hydrogen-bond donors (Lipinski definition) is 2. The molecule has 0 aromatic carbocycles. The maximum Gasteiger partial charge on any atom is 0.234 e. The molecule has 1 atom stereocenters. The lowest BCUT2D eigenvalue weighted by molar-refractivity contribution is -0.120. The molecule has 0 aromatic heterocycles. The van der Waals surface area contributed by atoms with Crippen LogP contribution in [0.5, 0.6) is 0 Å². The predicted molar refractivity (Wildman–Crippen MR) is 51.1 cm³/mol. The Morgan fingerprint density at radius 2 is 2.08 bits per heavy atom. The molecule has 0 aliphatic heterocycles. The summed E-state index contributed by atoms with van der Waals surface area (Å²) in [7, 11) is 0. The first-order valence-electron chi connectivity index (χ1n) is 4.70. The van der Waals surface area contributed by atoms with E-state index in [1.165, 1.54) is 0 Å². The van der Waals surface area contributed by atoms with Gasteiger partial charge in [0.2, 0.25) is 5.91 Å². The smallest absolute Gasteiger partial charge is 0.234 e. The van der Waals surface area contributed by atoms with Gasteiger partial charge in [0.15, 0.2) is 0 Å². The summed E-state index contributed by atoms with van der Waals surface area (Å²) in [5, 5.41) is 5.90. The number of carbonyl (C=O) groups excluding carboxylic acids is 1. The summed E-state index contributed by atoms with van der Waals surface area (Å²) in [6, 6.07) is 0.307. The molecule has 1 unspecified atom stereocenters. The third-order valence-electron chi connectivity index (χ3n) is 1.66. The van der Waals surface area contributed by atoms with E-state index in [2.05, 4.69) is 17.6 Å². The third-order valence-corrected chi connectivity index (χ3v) is 1.66. The first kappa shape index (κ1) is 11.4. The number of nitrogens with one attached hydrogen (secondary N) is 2. The average molecular weight is 172 g/mol. The number of amides is 1. The van der Waals surface area contributed by atoms with Crippen LogP contribution in [-0.4, -0.2) is 25.0 Å². The van der Waals surface area contributed by atoms with Crippen molar-refractivity contribution in [2.75, 3.05) is 13.1 Å². The molecular formula is C9H20N2O. The zero-order valence-electron chi connectivity index (χ0n) is 8.31. The number of likely N-dealkylation sites (N-methyl/N-ethyl adjacent to an activating group) is 1. The molecule has 0 aromatic rings. The summed E-state index contributed by atoms with van der Waals surface area (Å²) in [6.45, 7) is 7.42. The SMILES string of the molecule is CCCC(C)NC(=O)CNCC. The highest BCUT2D eigenvalue weighted by Gasteiger charge is 2.04. The second-order valence-corrected chi connectivity index (χ2v) is 3.04. The zero-order chi connectivity index (χ0) is 9.40. The number of carbonyl (C=O) groups is 1. The van der Waals surface area contributed by atoms with Crippen LogP contribution in [0.2, 0.25) is 0 Å². The Kier molecular flexibility index (Phi) is 6.76. The molecule has 3 heteroatoms. The summed E-state index contributed by atoms with van der Waals surface area (Å²) in [4.78, 5) is 11.1. The van der Waals surface area contributed by atoms with Crippen molar-refractivity contribution in [2.45, 2.75) is 39.7 Å². The van der Waals surface area contributed by atoms with Crippen LogP contribution in [0.1, 0.15) is 33.6 Å². The molecule has 12 heavy (non-hydrogen) atoms. The quantitative estimate of drug-likeness (QED) is 0.625. The summed E-state index contributed by atoms with van der Waals surface area (Å²) in [5.41, 5.74) is 0. The first-order chi connectivity index (χ1) is 5.70. The van der Waals surface area contributed by atoms with Gasteiger partial charge in [-0.25, -0.2) is 0 Å². The topological polar surface area (TPSA) is 41.1 Å². The molecule has 0 heterocycles. The lowest BCUT2D eigenvalue weighted by Gasteiger charge is -2.12. The van der Waals surface area contributed by atoms with E-state index in [1.54, 1.807) is 0 Å². The third kappa shape index (κ3) is 6.16. The molecular weight excluding hydrogens is 152 g/mol. The number of rotatable bonds is 6. The Balaban J connectivity index is 3.40. The summed E-state index contributed by atoms with van der Waals surface area (Å²) in [5.74, 6) is 0.0952. The van der Waals surface area contributed by atoms with Gasteiger partial charge in [0.25, 0.3) is 0 Å². The van der Waals surface area contributed by atoms with Gasteiger partial charge in [-0.3, -0.25) is 4.79 Å². The molecule has 0 saturated carbocycles. The Labute approximate surface area is 74.9 Å². The predicted octanol–water partition coefficient (Wildman–Crippen LogP) is 0.901. The maximum absolute atomic E-state index is 11.1. The molecule has 3 nitrogen and oxygen atoms in total. The normalized spacial score (nSPS) is 12.6. The molecule has 72 valence electrons. The van der Waals surface area contributed by atoms with E-state index in [0.29, 0.717) is 12.6 Å². The highest BCUT2D eigenvalue weighted by Crippen LogP contribution is 1.93. The zero-order valence-corrected chi connectivity index (χ0v) is 8.31. The van der Waals surface area contributed by atoms with Crippen LogP contribution in [0.15, 0.2) is 0 Å². The summed E-state index contributed by atoms with van der Waals surface area (Å²) in [6.07, 6.45) is 2.17. The van der Waals surface area contributed by atoms with Gasteiger partial charge in [0.1, 0.15) is 0 Å². The number of hydrogen-bond acceptors (Lipinski definition) is 2. The van der Waals surface area contributed by atoms with E-state index in [0.717, 1.165) is 19.4 Å². The van der Waals surface area contributed by atoms with Gasteiger partial charge in [0, 0.05) is 6.04 Å². The first-order valence-corrected chi connectivity index (χ1v) is 4.70. The minimum Gasteiger partial charge on any atom is -0.353 e. The van der Waals surface area contributed by atoms with Gasteiger partial charge in [-0.1, -0.05) is 20.3 Å². The van der Waals surface area contributed by atoms with Gasteiger partial charge < -0.3 is 10.6 Å². The summed E-state index contributed by atoms with van der Waals surface area (Å²) >= 11 is 0. The standard InChI is InChI=1S/C9H20N2O/c1-4-6-8(3)11-9(12)7-10-5-2/h8,10H,4-7H2,1-3H3,(H,11,12). The minimum atomic E-state index is 0.0952. The summed E-state index contributed by atoms with van der Waals surface area (Å²) < 4.78 is 0. The molecule has 1 amide bonds. The second kappa shape index (κ2) is 7.10. The van der Waals surface area contributed by atoms with Gasteiger partial charge in [-0.2, -0.15) is 0 Å². The van der Waals surface area contributed by atoms with Crippen LogP contribution in [0.4, 0.5) is 0 Å². The van der Waals surface area contributed by atoms with E-state index in [9.17, 15) is 4.79 Å². The van der Waals surface area contributed by atoms with Crippen LogP contribution in [0, 0.1) is 0 Å². The Hall–Kier alpha value is -0.570. The van der Waals surface area contributed by atoms with Gasteiger partial charge >= 0.3 is 0 Å². The van der Waals surface area contributed by atoms with Crippen molar-refractivity contribution >= 4 is 5.91 Å². The van der Waals surface area contributed by atoms with Gasteiger partial charge in [-0.05, 0) is 19.9 Å². The van der Waals surface area contributed by atoms with Crippen molar-refractivity contribution < 1.29 is 4.79 Å². The molecule has 0 spiro atoms. The fraction of sp³-hybridized carbons (Fsp3) is 0.889. The minimum absolute atomic E-state index is 0.0952. The van der Waals surface area contributed by atoms with Crippen molar-refractivity contribution in [3.8, 4) is 0 Å². The molecule has 0 aliphatic carbocycles. The Bertz CT molecular complexity index is 126. The lowest BCUT2D eigenvalue weighted by Crippen LogP contribution is -2.38. The van der Waals surface area contributed by atoms with Gasteiger partial charge in [-0.15, -0.1) is 0 Å². The van der Waals surface area contributed by atoms with Crippen molar-refractivity contribution in [1.82, 2.24) is 10.6 Å². The highest BCUT2D eigenvalue weighted by molar-refractivity contribution is 5.78. The van der Waals surface area contributed by atoms with Crippen molar-refractivity contribution in [2.24, 2.45) is 0 Å². The van der Waals surface area contributed by atoms with E-state index in [1.807, 2.05) is 13.8 Å². The van der Waals surface area contributed by atoms with E-state index < -0.39 is 0 Å². The molecule has 0 rings (SSSR count). The molecule has 0 saturated heterocycles. The largest absolute Gasteiger partial charge is 0.353 e. The fourth-order valence-electron chi connectivity index (χ4n) is 1.07. The van der Waals surface area contributed by atoms with E-state index in [-0.39, 0.29) is 5.91 Å². The monoisotopic (exact) mass is 172 g/mol. The van der Waals surface area contributed by atoms with Crippen LogP contribution in [0.3, 0.4) is 0 Å². The van der Waals surface area contributed by atoms with Crippen LogP contribution < -0.4 is 10.6 Å². The molecule has 0 aliphatic rings. The van der Waals surface area contributed by atoms with Crippen molar-refractivity contribution in [1.29, 1.82) is 0 Å². The molecule has 2 N–H and O–H groups in total. The van der Waals surface area contributed by atoms with Crippen LogP contribution in [0.25, 0.3) is 0 Å². The van der Waals surface area contributed by atoms with Crippen molar-refractivity contribution in [3.05, 3.63) is 0 Å². The fourth-order valence-corrected chi connectivity index (χ4v) is 1.07. The van der Waals surface area contributed by atoms with E-state index >= 15 is 0 Å². The van der Waals surface area contributed by atoms with Crippen LogP contribution in [-0.2, 0) is 4.79 Å². The Morgan fingerprint density at radius 1 is 1.42 bits per heavy atom. The lowest BCUT2D eigenvalue weighted by atomic mass is 10.2. The van der Waals surface area contributed by atoms with Crippen molar-refractivity contribution in [3.63, 3.8) is 0 Å². The highest BCUT2D eigenvalue weighted by atomic mass is 16.1. The second-order valence-electron chi connectivity index (χ2n) is 3.04.